The van der Waals surface area contributed by atoms with E-state index >= 15 is 0 Å². The molecule has 0 spiro atoms. The van der Waals surface area contributed by atoms with Crippen LogP contribution in [0.15, 0.2) is 23.4 Å². The third-order valence-corrected chi connectivity index (χ3v) is 1.86. The van der Waals surface area contributed by atoms with Crippen molar-refractivity contribution in [2.45, 2.75) is 5.03 Å². The maximum Gasteiger partial charge on any atom is 0.193 e. The molecule has 10 heavy (non-hydrogen) atoms. The van der Waals surface area contributed by atoms with Crippen molar-refractivity contribution in [1.82, 2.24) is 4.98 Å². The van der Waals surface area contributed by atoms with Crippen molar-refractivity contribution in [3.63, 3.8) is 0 Å². The second kappa shape index (κ2) is 2.38. The minimum absolute atomic E-state index is 0.00463. The lowest BCUT2D eigenvalue weighted by Gasteiger charge is -1.91. The van der Waals surface area contributed by atoms with Gasteiger partial charge in [-0.2, -0.15) is 0 Å². The Labute approximate surface area is 59.6 Å². The maximum absolute atomic E-state index is 10.7. The van der Waals surface area contributed by atoms with Gasteiger partial charge in [0.1, 0.15) is 0 Å². The number of sulfone groups is 1. The Morgan fingerprint density at radius 3 is 2.60 bits per heavy atom. The van der Waals surface area contributed by atoms with E-state index in [1.807, 2.05) is 0 Å². The molecule has 0 fully saturated rings. The lowest BCUT2D eigenvalue weighted by molar-refractivity contribution is 0.598. The van der Waals surface area contributed by atoms with E-state index in [-0.39, 0.29) is 5.03 Å². The van der Waals surface area contributed by atoms with E-state index in [1.54, 1.807) is 6.07 Å². The van der Waals surface area contributed by atoms with Crippen molar-refractivity contribution in [1.29, 1.82) is 0 Å². The smallest absolute Gasteiger partial charge is 0.193 e. The fourth-order valence-corrected chi connectivity index (χ4v) is 1.05. The van der Waals surface area contributed by atoms with Crippen molar-refractivity contribution in [2.75, 3.05) is 6.26 Å². The molecule has 0 unspecified atom stereocenters. The summed E-state index contributed by atoms with van der Waals surface area (Å²) in [5.74, 6) is 0. The molecule has 53 valence electrons. The molecule has 0 N–H and O–H groups in total. The van der Waals surface area contributed by atoms with Gasteiger partial charge in [-0.1, -0.05) is 0 Å². The molecule has 0 aliphatic rings. The van der Waals surface area contributed by atoms with Crippen molar-refractivity contribution < 1.29 is 8.42 Å². The summed E-state index contributed by atoms with van der Waals surface area (Å²) in [5.41, 5.74) is 0. The molecule has 1 aromatic heterocycles. The second-order valence-electron chi connectivity index (χ2n) is 1.86. The van der Waals surface area contributed by atoms with Gasteiger partial charge in [0.25, 0.3) is 0 Å². The van der Waals surface area contributed by atoms with Crippen LogP contribution in [0.3, 0.4) is 0 Å². The van der Waals surface area contributed by atoms with Gasteiger partial charge < -0.3 is 0 Å². The highest BCUT2D eigenvalue weighted by atomic mass is 32.2. The summed E-state index contributed by atoms with van der Waals surface area (Å²) in [6.07, 6.45) is 2.53. The Morgan fingerprint density at radius 2 is 2.30 bits per heavy atom. The number of rotatable bonds is 1. The summed E-state index contributed by atoms with van der Waals surface area (Å²) in [4.78, 5) is 3.61. The predicted molar refractivity (Wildman–Crippen MR) is 36.2 cm³/mol. The average Bonchev–Trinajstić information content (AvgIpc) is 1.88. The molecule has 3 nitrogen and oxygen atoms in total. The van der Waals surface area contributed by atoms with E-state index in [1.165, 1.54) is 12.3 Å². The summed E-state index contributed by atoms with van der Waals surface area (Å²) >= 11 is 0. The van der Waals surface area contributed by atoms with Crippen molar-refractivity contribution in [3.8, 4) is 0 Å². The van der Waals surface area contributed by atoms with Crippen LogP contribution < -0.4 is 0 Å². The quantitative estimate of drug-likeness (QED) is 0.587. The van der Waals surface area contributed by atoms with Crippen LogP contribution in [0.2, 0.25) is 0 Å². The van der Waals surface area contributed by atoms with E-state index in [2.05, 4.69) is 11.1 Å². The first kappa shape index (κ1) is 7.21. The predicted octanol–water partition coefficient (Wildman–Crippen LogP) is 0.285. The monoisotopic (exact) mass is 156 g/mol. The first-order chi connectivity index (χ1) is 4.61. The van der Waals surface area contributed by atoms with Crippen LogP contribution >= 0.6 is 0 Å². The van der Waals surface area contributed by atoms with Gasteiger partial charge in [0.15, 0.2) is 14.9 Å². The standard InChI is InChI=1S/C6H6NO2S/c1-10(8,9)6-4-2-3-5-7-6/h2-3,5H,1H3. The zero-order valence-corrected chi connectivity index (χ0v) is 6.22. The minimum Gasteiger partial charge on any atom is -0.244 e. The lowest BCUT2D eigenvalue weighted by atomic mass is 10.5. The molecule has 0 bridgehead atoms. The summed E-state index contributed by atoms with van der Waals surface area (Å²) in [5, 5.41) is -0.00463. The molecule has 0 aromatic carbocycles. The van der Waals surface area contributed by atoms with Crippen LogP contribution in [0.1, 0.15) is 0 Å². The molecule has 1 aromatic rings. The largest absolute Gasteiger partial charge is 0.244 e. The SMILES string of the molecule is CS(=O)(=O)c1[c]cccn1. The normalized spacial score (nSPS) is 11.3. The Kier molecular flexibility index (Phi) is 1.72. The van der Waals surface area contributed by atoms with Gasteiger partial charge in [0.2, 0.25) is 0 Å². The van der Waals surface area contributed by atoms with E-state index in [9.17, 15) is 8.42 Å². The Balaban J connectivity index is 3.22. The van der Waals surface area contributed by atoms with Crippen LogP contribution in [-0.4, -0.2) is 19.7 Å². The molecule has 0 atom stereocenters. The molecule has 0 aliphatic heterocycles. The number of pyridine rings is 1. The summed E-state index contributed by atoms with van der Waals surface area (Å²) in [6.45, 7) is 0. The first-order valence-electron chi connectivity index (χ1n) is 2.63. The zero-order chi connectivity index (χ0) is 7.61. The first-order valence-corrected chi connectivity index (χ1v) is 4.52. The Morgan fingerprint density at radius 1 is 1.60 bits per heavy atom. The second-order valence-corrected chi connectivity index (χ2v) is 3.79. The summed E-state index contributed by atoms with van der Waals surface area (Å²) < 4.78 is 21.5. The van der Waals surface area contributed by atoms with E-state index in [4.69, 9.17) is 0 Å². The van der Waals surface area contributed by atoms with E-state index in [0.717, 1.165) is 6.26 Å². The fourth-order valence-electron chi connectivity index (χ4n) is 0.513. The lowest BCUT2D eigenvalue weighted by Crippen LogP contribution is -1.98. The average molecular weight is 156 g/mol. The molecule has 0 saturated carbocycles. The molecule has 4 heteroatoms. The molecular weight excluding hydrogens is 150 g/mol. The topological polar surface area (TPSA) is 47.0 Å². The minimum atomic E-state index is -3.17. The Hall–Kier alpha value is -0.900. The number of nitrogens with zero attached hydrogens (tertiary/aromatic N) is 1. The molecule has 0 saturated heterocycles. The van der Waals surface area contributed by atoms with Crippen molar-refractivity contribution >= 4 is 9.84 Å². The van der Waals surface area contributed by atoms with Gasteiger partial charge in [0, 0.05) is 18.5 Å². The molecule has 0 amide bonds. The highest BCUT2D eigenvalue weighted by Gasteiger charge is 2.05. The summed E-state index contributed by atoms with van der Waals surface area (Å²) in [6, 6.07) is 5.65. The highest BCUT2D eigenvalue weighted by molar-refractivity contribution is 7.90. The van der Waals surface area contributed by atoms with E-state index < -0.39 is 9.84 Å². The van der Waals surface area contributed by atoms with Crippen LogP contribution in [0, 0.1) is 6.07 Å². The van der Waals surface area contributed by atoms with Gasteiger partial charge in [0.05, 0.1) is 0 Å². The van der Waals surface area contributed by atoms with Gasteiger partial charge in [-0.25, -0.2) is 13.4 Å². The molecule has 1 rings (SSSR count). The molecule has 1 radical (unpaired) electrons. The fraction of sp³-hybridized carbons (Fsp3) is 0.167. The number of hydrogen-bond acceptors (Lipinski definition) is 3. The third-order valence-electron chi connectivity index (χ3n) is 0.932. The van der Waals surface area contributed by atoms with E-state index in [0.29, 0.717) is 0 Å². The van der Waals surface area contributed by atoms with Crippen molar-refractivity contribution in [3.05, 3.63) is 24.4 Å². The van der Waals surface area contributed by atoms with Gasteiger partial charge in [-0.3, -0.25) is 0 Å². The maximum atomic E-state index is 10.7. The third kappa shape index (κ3) is 1.54. The van der Waals surface area contributed by atoms with Gasteiger partial charge in [-0.05, 0) is 12.1 Å². The highest BCUT2D eigenvalue weighted by Crippen LogP contribution is 2.00. The molecule has 1 heterocycles. The van der Waals surface area contributed by atoms with Crippen LogP contribution in [-0.2, 0) is 9.84 Å². The van der Waals surface area contributed by atoms with Crippen LogP contribution in [0.25, 0.3) is 0 Å². The summed E-state index contributed by atoms with van der Waals surface area (Å²) in [7, 11) is -3.17. The molecule has 0 aliphatic carbocycles. The Bertz CT molecular complexity index is 304. The molecular formula is C6H6NO2S. The van der Waals surface area contributed by atoms with Gasteiger partial charge in [-0.15, -0.1) is 0 Å². The number of aromatic nitrogens is 1. The van der Waals surface area contributed by atoms with Crippen LogP contribution in [0.4, 0.5) is 0 Å². The zero-order valence-electron chi connectivity index (χ0n) is 5.40. The number of hydrogen-bond donors (Lipinski definition) is 0. The van der Waals surface area contributed by atoms with Crippen LogP contribution in [0.5, 0.6) is 0 Å². The van der Waals surface area contributed by atoms with Crippen molar-refractivity contribution in [2.24, 2.45) is 0 Å². The van der Waals surface area contributed by atoms with Gasteiger partial charge >= 0.3 is 0 Å².